The van der Waals surface area contributed by atoms with Gasteiger partial charge >= 0.3 is 0 Å². The Labute approximate surface area is 98.0 Å². The van der Waals surface area contributed by atoms with Crippen molar-refractivity contribution in [1.82, 2.24) is 10.2 Å². The van der Waals surface area contributed by atoms with Crippen LogP contribution in [0.15, 0.2) is 0 Å². The fourth-order valence-electron chi connectivity index (χ4n) is 2.28. The number of hydrogen-bond donors (Lipinski definition) is 2. The third-order valence-electron chi connectivity index (χ3n) is 3.34. The van der Waals surface area contributed by atoms with Crippen molar-refractivity contribution in [3.05, 3.63) is 11.3 Å². The molecule has 2 N–H and O–H groups in total. The number of anilines is 1. The van der Waals surface area contributed by atoms with Crippen molar-refractivity contribution in [3.63, 3.8) is 0 Å². The van der Waals surface area contributed by atoms with Crippen molar-refractivity contribution in [1.29, 1.82) is 0 Å². The number of aromatic nitrogens is 2. The van der Waals surface area contributed by atoms with Crippen LogP contribution in [-0.4, -0.2) is 16.7 Å². The summed E-state index contributed by atoms with van der Waals surface area (Å²) in [5.41, 5.74) is 3.17. The van der Waals surface area contributed by atoms with Crippen LogP contribution in [0.25, 0.3) is 0 Å². The standard InChI is InChI=1S/C13H23N3/c1-9(2)8-14-12-10-7-13(3,4)6-5-11(10)15-16-12/h9H,5-8H2,1-4H3,(H2,14,15,16). The van der Waals surface area contributed by atoms with Gasteiger partial charge in [-0.05, 0) is 30.6 Å². The molecule has 1 heterocycles. The summed E-state index contributed by atoms with van der Waals surface area (Å²) < 4.78 is 0. The van der Waals surface area contributed by atoms with E-state index in [9.17, 15) is 0 Å². The van der Waals surface area contributed by atoms with Crippen LogP contribution in [0.2, 0.25) is 0 Å². The summed E-state index contributed by atoms with van der Waals surface area (Å²) in [5.74, 6) is 1.74. The van der Waals surface area contributed by atoms with Gasteiger partial charge in [-0.1, -0.05) is 27.7 Å². The molecule has 0 aromatic carbocycles. The summed E-state index contributed by atoms with van der Waals surface area (Å²) >= 11 is 0. The minimum atomic E-state index is 0.422. The first-order valence-electron chi connectivity index (χ1n) is 6.28. The first kappa shape index (κ1) is 11.5. The molecular weight excluding hydrogens is 198 g/mol. The topological polar surface area (TPSA) is 40.7 Å². The fourth-order valence-corrected chi connectivity index (χ4v) is 2.28. The van der Waals surface area contributed by atoms with E-state index in [0.29, 0.717) is 11.3 Å². The molecule has 0 unspecified atom stereocenters. The largest absolute Gasteiger partial charge is 0.368 e. The second-order valence-electron chi connectivity index (χ2n) is 6.15. The van der Waals surface area contributed by atoms with Gasteiger partial charge in [-0.25, -0.2) is 0 Å². The molecule has 0 saturated heterocycles. The molecule has 3 nitrogen and oxygen atoms in total. The van der Waals surface area contributed by atoms with Crippen molar-refractivity contribution >= 4 is 5.82 Å². The number of aryl methyl sites for hydroxylation is 1. The Morgan fingerprint density at radius 3 is 2.88 bits per heavy atom. The molecule has 3 heteroatoms. The third kappa shape index (κ3) is 2.39. The lowest BCUT2D eigenvalue weighted by atomic mass is 9.76. The Morgan fingerprint density at radius 2 is 2.19 bits per heavy atom. The molecule has 2 rings (SSSR count). The van der Waals surface area contributed by atoms with Crippen LogP contribution in [0.3, 0.4) is 0 Å². The van der Waals surface area contributed by atoms with E-state index in [-0.39, 0.29) is 0 Å². The number of aromatic amines is 1. The highest BCUT2D eigenvalue weighted by atomic mass is 15.2. The van der Waals surface area contributed by atoms with Crippen LogP contribution >= 0.6 is 0 Å². The molecule has 0 aliphatic heterocycles. The Balaban J connectivity index is 2.14. The predicted octanol–water partition coefficient (Wildman–Crippen LogP) is 2.99. The lowest BCUT2D eigenvalue weighted by Gasteiger charge is -2.29. The lowest BCUT2D eigenvalue weighted by Crippen LogP contribution is -2.22. The van der Waals surface area contributed by atoms with E-state index in [4.69, 9.17) is 0 Å². The molecule has 0 amide bonds. The van der Waals surface area contributed by atoms with Crippen LogP contribution in [-0.2, 0) is 12.8 Å². The van der Waals surface area contributed by atoms with Crippen molar-refractivity contribution in [2.45, 2.75) is 47.0 Å². The average molecular weight is 221 g/mol. The van der Waals surface area contributed by atoms with Crippen LogP contribution in [0.4, 0.5) is 5.82 Å². The molecule has 0 atom stereocenters. The SMILES string of the molecule is CC(C)CNc1n[nH]c2c1CC(C)(C)CC2. The Hall–Kier alpha value is -0.990. The van der Waals surface area contributed by atoms with E-state index < -0.39 is 0 Å². The maximum Gasteiger partial charge on any atom is 0.151 e. The van der Waals surface area contributed by atoms with Crippen molar-refractivity contribution < 1.29 is 0 Å². The molecular formula is C13H23N3. The molecule has 0 spiro atoms. The molecule has 0 saturated carbocycles. The van der Waals surface area contributed by atoms with E-state index in [1.54, 1.807) is 0 Å². The van der Waals surface area contributed by atoms with E-state index in [1.165, 1.54) is 17.7 Å². The number of hydrogen-bond acceptors (Lipinski definition) is 2. The highest BCUT2D eigenvalue weighted by Crippen LogP contribution is 2.36. The van der Waals surface area contributed by atoms with Gasteiger partial charge in [-0.15, -0.1) is 0 Å². The maximum absolute atomic E-state index is 4.40. The van der Waals surface area contributed by atoms with Gasteiger partial charge in [0.15, 0.2) is 5.82 Å². The quantitative estimate of drug-likeness (QED) is 0.823. The van der Waals surface area contributed by atoms with Crippen LogP contribution in [0, 0.1) is 11.3 Å². The maximum atomic E-state index is 4.40. The minimum Gasteiger partial charge on any atom is -0.368 e. The Bertz CT molecular complexity index is 363. The smallest absolute Gasteiger partial charge is 0.151 e. The lowest BCUT2D eigenvalue weighted by molar-refractivity contribution is 0.314. The minimum absolute atomic E-state index is 0.422. The van der Waals surface area contributed by atoms with E-state index in [0.717, 1.165) is 25.2 Å². The number of rotatable bonds is 3. The summed E-state index contributed by atoms with van der Waals surface area (Å²) in [6, 6.07) is 0. The van der Waals surface area contributed by atoms with Crippen LogP contribution in [0.5, 0.6) is 0 Å². The van der Waals surface area contributed by atoms with Crippen molar-refractivity contribution in [2.75, 3.05) is 11.9 Å². The van der Waals surface area contributed by atoms with Gasteiger partial charge in [0.1, 0.15) is 0 Å². The van der Waals surface area contributed by atoms with Gasteiger partial charge < -0.3 is 5.32 Å². The highest BCUT2D eigenvalue weighted by molar-refractivity contribution is 5.48. The van der Waals surface area contributed by atoms with Gasteiger partial charge in [-0.3, -0.25) is 5.10 Å². The molecule has 1 aromatic heterocycles. The summed E-state index contributed by atoms with van der Waals surface area (Å²) in [6.07, 6.45) is 3.53. The zero-order valence-corrected chi connectivity index (χ0v) is 10.9. The van der Waals surface area contributed by atoms with Gasteiger partial charge in [0.25, 0.3) is 0 Å². The molecule has 1 aromatic rings. The van der Waals surface area contributed by atoms with E-state index in [2.05, 4.69) is 43.2 Å². The summed E-state index contributed by atoms with van der Waals surface area (Å²) in [4.78, 5) is 0. The first-order chi connectivity index (χ1) is 7.48. The molecule has 90 valence electrons. The summed E-state index contributed by atoms with van der Waals surface area (Å²) in [7, 11) is 0. The third-order valence-corrected chi connectivity index (χ3v) is 3.34. The monoisotopic (exact) mass is 221 g/mol. The van der Waals surface area contributed by atoms with Crippen LogP contribution < -0.4 is 5.32 Å². The second-order valence-corrected chi connectivity index (χ2v) is 6.15. The molecule has 0 fully saturated rings. The fraction of sp³-hybridized carbons (Fsp3) is 0.769. The summed E-state index contributed by atoms with van der Waals surface area (Å²) in [5, 5.41) is 11.0. The number of nitrogens with zero attached hydrogens (tertiary/aromatic N) is 1. The summed E-state index contributed by atoms with van der Waals surface area (Å²) in [6.45, 7) is 10.1. The molecule has 0 bridgehead atoms. The van der Waals surface area contributed by atoms with E-state index >= 15 is 0 Å². The highest BCUT2D eigenvalue weighted by Gasteiger charge is 2.28. The molecule has 1 aliphatic carbocycles. The van der Waals surface area contributed by atoms with Gasteiger partial charge in [0.05, 0.1) is 0 Å². The van der Waals surface area contributed by atoms with Gasteiger partial charge in [-0.2, -0.15) is 5.10 Å². The number of nitrogens with one attached hydrogen (secondary N) is 2. The van der Waals surface area contributed by atoms with Crippen molar-refractivity contribution in [3.8, 4) is 0 Å². The average Bonchev–Trinajstić information content (AvgIpc) is 2.55. The molecule has 16 heavy (non-hydrogen) atoms. The van der Waals surface area contributed by atoms with Crippen molar-refractivity contribution in [2.24, 2.45) is 11.3 Å². The Kier molecular flexibility index (Phi) is 2.96. The zero-order chi connectivity index (χ0) is 11.8. The van der Waals surface area contributed by atoms with Gasteiger partial charge in [0, 0.05) is 17.8 Å². The Morgan fingerprint density at radius 1 is 1.44 bits per heavy atom. The zero-order valence-electron chi connectivity index (χ0n) is 10.9. The predicted molar refractivity (Wildman–Crippen MR) is 67.7 cm³/mol. The second kappa shape index (κ2) is 4.11. The molecule has 0 radical (unpaired) electrons. The van der Waals surface area contributed by atoms with E-state index in [1.807, 2.05) is 0 Å². The number of fused-ring (bicyclic) bond motifs is 1. The van der Waals surface area contributed by atoms with Crippen LogP contribution in [0.1, 0.15) is 45.4 Å². The number of H-pyrrole nitrogens is 1. The first-order valence-corrected chi connectivity index (χ1v) is 6.28. The normalized spacial score (nSPS) is 18.6. The van der Waals surface area contributed by atoms with Gasteiger partial charge in [0.2, 0.25) is 0 Å². The molecule has 1 aliphatic rings.